The Morgan fingerprint density at radius 2 is 1.68 bits per heavy atom. The predicted octanol–water partition coefficient (Wildman–Crippen LogP) is 4.89. The molecular formula is C26H24N2O2S. The SMILES string of the molecule is Cc1ccc(C(=O)N2CCS[C@]23C(=O)N(Cc2ccccc2C)c2ccccc23)cc1. The fraction of sp³-hybridized carbons (Fsp3) is 0.231. The molecule has 4 nitrogen and oxygen atoms in total. The summed E-state index contributed by atoms with van der Waals surface area (Å²) in [6.07, 6.45) is 0. The number of amides is 2. The van der Waals surface area contributed by atoms with Crippen LogP contribution >= 0.6 is 11.8 Å². The number of nitrogens with zero attached hydrogens (tertiary/aromatic N) is 2. The van der Waals surface area contributed by atoms with Gasteiger partial charge in [-0.15, -0.1) is 11.8 Å². The van der Waals surface area contributed by atoms with E-state index in [4.69, 9.17) is 0 Å². The van der Waals surface area contributed by atoms with E-state index < -0.39 is 4.87 Å². The van der Waals surface area contributed by atoms with E-state index in [1.807, 2.05) is 72.5 Å². The van der Waals surface area contributed by atoms with Crippen LogP contribution in [0.15, 0.2) is 72.8 Å². The number of para-hydroxylation sites is 1. The molecule has 5 heteroatoms. The number of hydrogen-bond acceptors (Lipinski definition) is 3. The molecule has 0 aromatic heterocycles. The zero-order valence-corrected chi connectivity index (χ0v) is 18.5. The highest BCUT2D eigenvalue weighted by molar-refractivity contribution is 8.01. The van der Waals surface area contributed by atoms with Crippen LogP contribution in [0.1, 0.15) is 32.6 Å². The van der Waals surface area contributed by atoms with E-state index in [9.17, 15) is 9.59 Å². The van der Waals surface area contributed by atoms with Gasteiger partial charge < -0.3 is 9.80 Å². The smallest absolute Gasteiger partial charge is 0.268 e. The van der Waals surface area contributed by atoms with Gasteiger partial charge in [-0.1, -0.05) is 60.2 Å². The van der Waals surface area contributed by atoms with Crippen molar-refractivity contribution >= 4 is 29.3 Å². The van der Waals surface area contributed by atoms with Crippen molar-refractivity contribution in [3.8, 4) is 0 Å². The molecule has 0 radical (unpaired) electrons. The second-order valence-corrected chi connectivity index (χ2v) is 9.44. The molecule has 0 aliphatic carbocycles. The predicted molar refractivity (Wildman–Crippen MR) is 125 cm³/mol. The molecule has 0 unspecified atom stereocenters. The van der Waals surface area contributed by atoms with Crippen molar-refractivity contribution in [2.24, 2.45) is 0 Å². The van der Waals surface area contributed by atoms with E-state index in [2.05, 4.69) is 19.1 Å². The summed E-state index contributed by atoms with van der Waals surface area (Å²) < 4.78 is 0. The molecule has 5 rings (SSSR count). The number of aryl methyl sites for hydroxylation is 2. The maximum absolute atomic E-state index is 14.0. The third-order valence-corrected chi connectivity index (χ3v) is 7.65. The van der Waals surface area contributed by atoms with E-state index in [-0.39, 0.29) is 11.8 Å². The molecule has 2 aliphatic heterocycles. The largest absolute Gasteiger partial charge is 0.311 e. The summed E-state index contributed by atoms with van der Waals surface area (Å²) in [5.74, 6) is 0.612. The number of hydrogen-bond donors (Lipinski definition) is 0. The van der Waals surface area contributed by atoms with Crippen molar-refractivity contribution in [1.29, 1.82) is 0 Å². The molecule has 0 bridgehead atoms. The van der Waals surface area contributed by atoms with Gasteiger partial charge >= 0.3 is 0 Å². The Morgan fingerprint density at radius 3 is 2.45 bits per heavy atom. The molecule has 0 N–H and O–H groups in total. The highest BCUT2D eigenvalue weighted by Gasteiger charge is 2.59. The van der Waals surface area contributed by atoms with Crippen LogP contribution in [0.4, 0.5) is 5.69 Å². The van der Waals surface area contributed by atoms with Crippen molar-refractivity contribution in [2.75, 3.05) is 17.2 Å². The molecule has 2 heterocycles. The van der Waals surface area contributed by atoms with E-state index in [0.717, 1.165) is 33.7 Å². The van der Waals surface area contributed by atoms with Crippen LogP contribution in [0.25, 0.3) is 0 Å². The van der Waals surface area contributed by atoms with Crippen LogP contribution in [0.3, 0.4) is 0 Å². The molecule has 2 amide bonds. The second kappa shape index (κ2) is 7.57. The molecule has 156 valence electrons. The van der Waals surface area contributed by atoms with Crippen molar-refractivity contribution < 1.29 is 9.59 Å². The van der Waals surface area contributed by atoms with E-state index in [1.165, 1.54) is 0 Å². The van der Waals surface area contributed by atoms with Crippen molar-refractivity contribution in [3.05, 3.63) is 101 Å². The van der Waals surface area contributed by atoms with Crippen LogP contribution in [-0.4, -0.2) is 29.0 Å². The Kier molecular flexibility index (Phi) is 4.86. The molecule has 1 saturated heterocycles. The second-order valence-electron chi connectivity index (χ2n) is 8.15. The highest BCUT2D eigenvalue weighted by Crippen LogP contribution is 2.54. The van der Waals surface area contributed by atoms with Crippen LogP contribution in [-0.2, 0) is 16.2 Å². The van der Waals surface area contributed by atoms with Gasteiger partial charge in [-0.3, -0.25) is 9.59 Å². The molecule has 2 aliphatic rings. The lowest BCUT2D eigenvalue weighted by Crippen LogP contribution is -2.50. The molecule has 0 saturated carbocycles. The van der Waals surface area contributed by atoms with E-state index in [0.29, 0.717) is 18.7 Å². The minimum absolute atomic E-state index is 0.0279. The number of rotatable bonds is 3. The molecule has 1 fully saturated rings. The number of anilines is 1. The number of thioether (sulfide) groups is 1. The van der Waals surface area contributed by atoms with Crippen molar-refractivity contribution in [3.63, 3.8) is 0 Å². The van der Waals surface area contributed by atoms with E-state index in [1.54, 1.807) is 16.7 Å². The Bertz CT molecular complexity index is 1170. The number of carbonyl (C=O) groups is 2. The first-order valence-corrected chi connectivity index (χ1v) is 11.5. The zero-order valence-electron chi connectivity index (χ0n) is 17.7. The van der Waals surface area contributed by atoms with Gasteiger partial charge in [0.05, 0.1) is 12.2 Å². The van der Waals surface area contributed by atoms with Gasteiger partial charge in [-0.25, -0.2) is 0 Å². The van der Waals surface area contributed by atoms with Gasteiger partial charge in [0.15, 0.2) is 4.87 Å². The van der Waals surface area contributed by atoms with Gasteiger partial charge in [0, 0.05) is 23.4 Å². The fourth-order valence-corrected chi connectivity index (χ4v) is 6.00. The molecule has 1 spiro atoms. The normalized spacial score (nSPS) is 19.9. The van der Waals surface area contributed by atoms with E-state index >= 15 is 0 Å². The van der Waals surface area contributed by atoms with Gasteiger partial charge in [0.2, 0.25) is 0 Å². The lowest BCUT2D eigenvalue weighted by molar-refractivity contribution is -0.123. The highest BCUT2D eigenvalue weighted by atomic mass is 32.2. The maximum Gasteiger partial charge on any atom is 0.268 e. The number of benzene rings is 3. The topological polar surface area (TPSA) is 40.6 Å². The third-order valence-electron chi connectivity index (χ3n) is 6.23. The lowest BCUT2D eigenvalue weighted by atomic mass is 10.0. The summed E-state index contributed by atoms with van der Waals surface area (Å²) in [7, 11) is 0. The van der Waals surface area contributed by atoms with Crippen LogP contribution in [0.5, 0.6) is 0 Å². The Balaban J connectivity index is 1.58. The maximum atomic E-state index is 14.0. The summed E-state index contributed by atoms with van der Waals surface area (Å²) in [6, 6.07) is 23.6. The van der Waals surface area contributed by atoms with Gasteiger partial charge in [-0.2, -0.15) is 0 Å². The first-order valence-electron chi connectivity index (χ1n) is 10.5. The Hall–Kier alpha value is -3.05. The quantitative estimate of drug-likeness (QED) is 0.596. The van der Waals surface area contributed by atoms with Crippen LogP contribution in [0.2, 0.25) is 0 Å². The molecule has 1 atom stereocenters. The number of carbonyl (C=O) groups excluding carboxylic acids is 2. The summed E-state index contributed by atoms with van der Waals surface area (Å²) in [6.45, 7) is 5.11. The summed E-state index contributed by atoms with van der Waals surface area (Å²) >= 11 is 1.57. The van der Waals surface area contributed by atoms with Crippen molar-refractivity contribution in [2.45, 2.75) is 25.3 Å². The Labute approximate surface area is 186 Å². The summed E-state index contributed by atoms with van der Waals surface area (Å²) in [5, 5.41) is 0. The van der Waals surface area contributed by atoms with Gasteiger partial charge in [0.25, 0.3) is 11.8 Å². The Morgan fingerprint density at radius 1 is 0.968 bits per heavy atom. The molecular weight excluding hydrogens is 404 g/mol. The van der Waals surface area contributed by atoms with Gasteiger partial charge in [0.1, 0.15) is 0 Å². The summed E-state index contributed by atoms with van der Waals surface area (Å²) in [4.78, 5) is 30.2. The first kappa shape index (κ1) is 19.9. The standard InChI is InChI=1S/C26H24N2O2S/c1-18-11-13-20(14-12-18)24(29)28-15-16-31-26(28)22-9-5-6-10-23(22)27(25(26)30)17-21-8-4-3-7-19(21)2/h3-14H,15-17H2,1-2H3/t26-/m1/s1. The average molecular weight is 429 g/mol. The molecule has 3 aromatic rings. The molecule has 31 heavy (non-hydrogen) atoms. The van der Waals surface area contributed by atoms with Crippen LogP contribution < -0.4 is 4.90 Å². The van der Waals surface area contributed by atoms with Gasteiger partial charge in [-0.05, 0) is 43.2 Å². The third kappa shape index (κ3) is 3.07. The minimum Gasteiger partial charge on any atom is -0.311 e. The number of fused-ring (bicyclic) bond motifs is 2. The van der Waals surface area contributed by atoms with Crippen molar-refractivity contribution in [1.82, 2.24) is 4.90 Å². The van der Waals surface area contributed by atoms with Crippen LogP contribution in [0, 0.1) is 13.8 Å². The minimum atomic E-state index is -0.999. The fourth-order valence-electron chi connectivity index (χ4n) is 4.53. The average Bonchev–Trinajstić information content (AvgIpc) is 3.32. The lowest BCUT2D eigenvalue weighted by Gasteiger charge is -2.33. The zero-order chi connectivity index (χ0) is 21.6. The molecule has 3 aromatic carbocycles. The monoisotopic (exact) mass is 428 g/mol. The summed E-state index contributed by atoms with van der Waals surface area (Å²) in [5.41, 5.74) is 5.80. The first-order chi connectivity index (χ1) is 15.0.